The van der Waals surface area contributed by atoms with Crippen molar-refractivity contribution in [3.8, 4) is 0 Å². The van der Waals surface area contributed by atoms with Crippen LogP contribution in [0.3, 0.4) is 0 Å². The van der Waals surface area contributed by atoms with Gasteiger partial charge in [-0.25, -0.2) is 23.3 Å². The van der Waals surface area contributed by atoms with E-state index in [4.69, 9.17) is 9.88 Å². The first-order valence-electron chi connectivity index (χ1n) is 7.18. The number of amides is 1. The predicted molar refractivity (Wildman–Crippen MR) is 83.9 cm³/mol. The van der Waals surface area contributed by atoms with Crippen LogP contribution in [-0.2, 0) is 19.6 Å². The van der Waals surface area contributed by atoms with Crippen LogP contribution in [0.2, 0.25) is 0 Å². The number of aromatic nitrogens is 1. The summed E-state index contributed by atoms with van der Waals surface area (Å²) in [6.07, 6.45) is 2.05. The number of sulfonamides is 1. The molecule has 1 unspecified atom stereocenters. The summed E-state index contributed by atoms with van der Waals surface area (Å²) in [5.74, 6) is -1.01. The Kier molecular flexibility index (Phi) is 4.15. The molecule has 2 fully saturated rings. The van der Waals surface area contributed by atoms with Crippen LogP contribution in [0.4, 0.5) is 5.13 Å². The molecule has 0 spiro atoms. The van der Waals surface area contributed by atoms with Gasteiger partial charge in [-0.3, -0.25) is 9.69 Å². The average Bonchev–Trinajstić information content (AvgIpc) is 3.11. The molecule has 1 saturated heterocycles. The summed E-state index contributed by atoms with van der Waals surface area (Å²) in [6.45, 7) is 0.244. The maximum Gasteiger partial charge on any atom is 0.350 e. The second-order valence-corrected chi connectivity index (χ2v) is 8.52. The van der Waals surface area contributed by atoms with Crippen LogP contribution in [0.15, 0.2) is 0 Å². The lowest BCUT2D eigenvalue weighted by Crippen LogP contribution is -2.27. The van der Waals surface area contributed by atoms with Crippen LogP contribution in [0.5, 0.6) is 0 Å². The van der Waals surface area contributed by atoms with Crippen molar-refractivity contribution in [2.24, 2.45) is 11.1 Å². The van der Waals surface area contributed by atoms with Crippen molar-refractivity contribution in [2.45, 2.75) is 25.2 Å². The number of hydrogen-bond acceptors (Lipinski definition) is 7. The molecular formula is C13H17N3O5S2. The predicted octanol–water partition coefficient (Wildman–Crippen LogP) is 0.448. The number of hydrogen-bond donors (Lipinski definition) is 1. The summed E-state index contributed by atoms with van der Waals surface area (Å²) < 4.78 is 27.2. The van der Waals surface area contributed by atoms with Crippen LogP contribution >= 0.6 is 11.3 Å². The van der Waals surface area contributed by atoms with Gasteiger partial charge in [0.1, 0.15) is 4.88 Å². The van der Waals surface area contributed by atoms with E-state index in [-0.39, 0.29) is 36.5 Å². The molecule has 1 aromatic heterocycles. The minimum Gasteiger partial charge on any atom is -0.465 e. The molecule has 23 heavy (non-hydrogen) atoms. The van der Waals surface area contributed by atoms with Crippen molar-refractivity contribution in [1.29, 1.82) is 0 Å². The molecule has 0 bridgehead atoms. The summed E-state index contributed by atoms with van der Waals surface area (Å²) in [4.78, 5) is 30.3. The van der Waals surface area contributed by atoms with Crippen molar-refractivity contribution in [3.63, 3.8) is 0 Å². The van der Waals surface area contributed by atoms with E-state index in [1.807, 2.05) is 0 Å². The molecule has 2 aliphatic rings. The average molecular weight is 359 g/mol. The van der Waals surface area contributed by atoms with E-state index in [1.165, 1.54) is 12.0 Å². The summed E-state index contributed by atoms with van der Waals surface area (Å²) in [7, 11) is -2.32. The van der Waals surface area contributed by atoms with Crippen LogP contribution in [0.25, 0.3) is 0 Å². The highest BCUT2D eigenvalue weighted by atomic mass is 32.2. The van der Waals surface area contributed by atoms with E-state index in [0.29, 0.717) is 15.7 Å². The first-order chi connectivity index (χ1) is 10.8. The van der Waals surface area contributed by atoms with Gasteiger partial charge < -0.3 is 4.74 Å². The number of ether oxygens (including phenoxy) is 1. The third-order valence-electron chi connectivity index (χ3n) is 3.88. The van der Waals surface area contributed by atoms with Gasteiger partial charge >= 0.3 is 5.97 Å². The molecule has 2 N–H and O–H groups in total. The normalized spacial score (nSPS) is 21.7. The topological polar surface area (TPSA) is 120 Å². The Bertz CT molecular complexity index is 754. The van der Waals surface area contributed by atoms with E-state index in [9.17, 15) is 18.0 Å². The number of nitrogens with zero attached hydrogens (tertiary/aromatic N) is 2. The Hall–Kier alpha value is -1.52. The molecule has 1 atom stereocenters. The quantitative estimate of drug-likeness (QED) is 0.762. The van der Waals surface area contributed by atoms with Gasteiger partial charge in [0.2, 0.25) is 15.9 Å². The van der Waals surface area contributed by atoms with E-state index in [2.05, 4.69) is 4.98 Å². The molecule has 2 heterocycles. The Morgan fingerprint density at radius 3 is 2.74 bits per heavy atom. The van der Waals surface area contributed by atoms with Crippen LogP contribution < -0.4 is 10.0 Å². The van der Waals surface area contributed by atoms with Gasteiger partial charge in [0.25, 0.3) is 0 Å². The van der Waals surface area contributed by atoms with Crippen molar-refractivity contribution in [2.75, 3.05) is 24.3 Å². The number of methoxy groups -OCH3 is 1. The first kappa shape index (κ1) is 16.3. The monoisotopic (exact) mass is 359 g/mol. The van der Waals surface area contributed by atoms with Gasteiger partial charge in [-0.2, -0.15) is 0 Å². The zero-order valence-corrected chi connectivity index (χ0v) is 14.2. The van der Waals surface area contributed by atoms with Gasteiger partial charge in [-0.05, 0) is 12.8 Å². The van der Waals surface area contributed by atoms with E-state index in [0.717, 1.165) is 24.2 Å². The van der Waals surface area contributed by atoms with Crippen molar-refractivity contribution in [3.05, 3.63) is 10.6 Å². The molecular weight excluding hydrogens is 342 g/mol. The summed E-state index contributed by atoms with van der Waals surface area (Å²) >= 11 is 1.12. The van der Waals surface area contributed by atoms with Gasteiger partial charge in [0.05, 0.1) is 18.6 Å². The highest BCUT2D eigenvalue weighted by Crippen LogP contribution is 2.45. The van der Waals surface area contributed by atoms with Crippen molar-refractivity contribution in [1.82, 2.24) is 4.98 Å². The summed E-state index contributed by atoms with van der Waals surface area (Å²) in [5.41, 5.74) is 0.680. The fourth-order valence-electron chi connectivity index (χ4n) is 2.71. The fourth-order valence-corrected chi connectivity index (χ4v) is 4.69. The summed E-state index contributed by atoms with van der Waals surface area (Å²) in [5, 5.41) is 5.47. The second kappa shape index (κ2) is 5.84. The number of nitrogens with two attached hydrogens (primary N) is 1. The fraction of sp³-hybridized carbons (Fsp3) is 0.615. The largest absolute Gasteiger partial charge is 0.465 e. The Morgan fingerprint density at radius 2 is 2.17 bits per heavy atom. The van der Waals surface area contributed by atoms with E-state index >= 15 is 0 Å². The molecule has 3 rings (SSSR count). The molecule has 1 aromatic rings. The minimum atomic E-state index is -3.63. The maximum absolute atomic E-state index is 12.2. The lowest BCUT2D eigenvalue weighted by molar-refractivity contribution is -0.117. The first-order valence-corrected chi connectivity index (χ1v) is 9.71. The molecule has 1 aliphatic carbocycles. The number of primary sulfonamides is 1. The van der Waals surface area contributed by atoms with Crippen molar-refractivity contribution < 1.29 is 22.7 Å². The number of rotatable bonds is 5. The standard InChI is InChI=1S/C13H17N3O5S2/c1-21-12(18)11-10(8-2-3-8)15-13(22-11)16-5-7(4-9(16)17)6-23(14,19)20/h7-8H,2-6H2,1H3,(H2,14,19,20). The van der Waals surface area contributed by atoms with Gasteiger partial charge in [-0.15, -0.1) is 0 Å². The lowest BCUT2D eigenvalue weighted by Gasteiger charge is -2.12. The molecule has 10 heteroatoms. The van der Waals surface area contributed by atoms with Gasteiger partial charge in [-0.1, -0.05) is 11.3 Å². The van der Waals surface area contributed by atoms with Crippen LogP contribution in [0.1, 0.15) is 40.5 Å². The highest BCUT2D eigenvalue weighted by molar-refractivity contribution is 7.89. The third kappa shape index (κ3) is 3.54. The highest BCUT2D eigenvalue weighted by Gasteiger charge is 2.38. The smallest absolute Gasteiger partial charge is 0.350 e. The molecule has 1 aliphatic heterocycles. The van der Waals surface area contributed by atoms with Gasteiger partial charge in [0.15, 0.2) is 5.13 Å². The number of esters is 1. The Balaban J connectivity index is 1.84. The molecule has 0 radical (unpaired) electrons. The molecule has 8 nitrogen and oxygen atoms in total. The molecule has 126 valence electrons. The minimum absolute atomic E-state index is 0.113. The van der Waals surface area contributed by atoms with Crippen molar-refractivity contribution >= 4 is 38.4 Å². The third-order valence-corrected chi connectivity index (χ3v) is 5.89. The molecule has 1 amide bonds. The van der Waals surface area contributed by atoms with Crippen LogP contribution in [0, 0.1) is 5.92 Å². The SMILES string of the molecule is COC(=O)c1sc(N2CC(CS(N)(=O)=O)CC2=O)nc1C1CC1. The Labute approximate surface area is 137 Å². The molecule has 0 aromatic carbocycles. The second-order valence-electron chi connectivity index (χ2n) is 5.88. The number of carbonyl (C=O) groups excluding carboxylic acids is 2. The van der Waals surface area contributed by atoms with E-state index < -0.39 is 16.0 Å². The van der Waals surface area contributed by atoms with Crippen LogP contribution in [-0.4, -0.2) is 44.7 Å². The number of anilines is 1. The number of carbonyl (C=O) groups is 2. The zero-order valence-electron chi connectivity index (χ0n) is 12.5. The Morgan fingerprint density at radius 1 is 1.48 bits per heavy atom. The van der Waals surface area contributed by atoms with E-state index in [1.54, 1.807) is 0 Å². The zero-order chi connectivity index (χ0) is 16.8. The maximum atomic E-state index is 12.2. The molecule has 1 saturated carbocycles. The number of thiazole rings is 1. The lowest BCUT2D eigenvalue weighted by atomic mass is 10.1. The van der Waals surface area contributed by atoms with Gasteiger partial charge in [0, 0.05) is 24.8 Å². The summed E-state index contributed by atoms with van der Waals surface area (Å²) in [6, 6.07) is 0.